The molecule has 10 heteroatoms. The Balaban J connectivity index is 4.23. The summed E-state index contributed by atoms with van der Waals surface area (Å²) in [5.41, 5.74) is 0. The second-order valence-corrected chi connectivity index (χ2v) is 19.6. The molecule has 0 amide bonds. The molecule has 9 nitrogen and oxygen atoms in total. The van der Waals surface area contributed by atoms with Crippen LogP contribution in [0, 0.1) is 0 Å². The Kier molecular flexibility index (Phi) is 44.8. The Morgan fingerprint density at radius 1 is 0.470 bits per heavy atom. The van der Waals surface area contributed by atoms with Crippen LogP contribution in [0.25, 0.3) is 0 Å². The molecule has 0 fully saturated rings. The van der Waals surface area contributed by atoms with Gasteiger partial charge in [-0.3, -0.25) is 18.6 Å². The second-order valence-electron chi connectivity index (χ2n) is 18.1. The lowest BCUT2D eigenvalue weighted by Gasteiger charge is -2.24. The standard InChI is InChI=1S/C56H96NO8P/c1-6-8-10-12-14-16-18-20-22-23-24-25-26-27-28-29-30-31-32-33-35-37-39-41-43-45-47-49-56(59)65-54(53-64-66(60,61)63-51-50-57(3,4)5)52-62-55(58)48-46-44-42-40-38-36-34-21-19-17-15-13-11-9-7-2/h8-11,14-17,20-22,24-25,34,38,40,54H,6-7,12-13,18-19,23,26-33,35-37,39,41-53H2,1-5H3/p+1/b10-8-,11-9-,16-14-,17-15-,22-20-,25-24-,34-21-,40-38-. The van der Waals surface area contributed by atoms with E-state index in [1.165, 1.54) is 70.6 Å². The smallest absolute Gasteiger partial charge is 0.462 e. The molecule has 0 aliphatic rings. The number of esters is 2. The van der Waals surface area contributed by atoms with Crippen molar-refractivity contribution in [2.45, 2.75) is 200 Å². The van der Waals surface area contributed by atoms with E-state index in [0.29, 0.717) is 23.9 Å². The highest BCUT2D eigenvalue weighted by molar-refractivity contribution is 7.47. The van der Waals surface area contributed by atoms with Crippen molar-refractivity contribution in [1.29, 1.82) is 0 Å². The summed E-state index contributed by atoms with van der Waals surface area (Å²) in [5, 5.41) is 0. The zero-order valence-corrected chi connectivity index (χ0v) is 43.5. The molecule has 0 aromatic heterocycles. The van der Waals surface area contributed by atoms with Gasteiger partial charge in [-0.1, -0.05) is 188 Å². The molecule has 0 bridgehead atoms. The SMILES string of the molecule is CC/C=C\C/C=C\C/C=C\C/C=C\CCCCCCCCCCCCCCCCC(=O)OC(COC(=O)CCCC/C=C\C/C=C\C/C=C\C/C=C\CC)COP(=O)(O)OCC[N+](C)(C)C. The molecular formula is C56H97NO8P+. The summed E-state index contributed by atoms with van der Waals surface area (Å²) in [4.78, 5) is 35.5. The Labute approximate surface area is 404 Å². The first-order chi connectivity index (χ1) is 32.0. The molecule has 66 heavy (non-hydrogen) atoms. The van der Waals surface area contributed by atoms with Crippen LogP contribution in [-0.2, 0) is 32.7 Å². The number of quaternary nitrogens is 1. The third kappa shape index (κ3) is 50.3. The minimum absolute atomic E-state index is 0.0204. The maximum atomic E-state index is 12.8. The van der Waals surface area contributed by atoms with Gasteiger partial charge < -0.3 is 18.9 Å². The van der Waals surface area contributed by atoms with Crippen molar-refractivity contribution in [2.24, 2.45) is 0 Å². The van der Waals surface area contributed by atoms with Crippen molar-refractivity contribution in [1.82, 2.24) is 0 Å². The van der Waals surface area contributed by atoms with Gasteiger partial charge in [-0.15, -0.1) is 0 Å². The molecular weight excluding hydrogens is 846 g/mol. The number of phosphoric ester groups is 1. The number of allylic oxidation sites excluding steroid dienone is 16. The van der Waals surface area contributed by atoms with E-state index in [0.717, 1.165) is 83.5 Å². The van der Waals surface area contributed by atoms with Crippen LogP contribution in [0.1, 0.15) is 194 Å². The quantitative estimate of drug-likeness (QED) is 0.0211. The van der Waals surface area contributed by atoms with E-state index >= 15 is 0 Å². The van der Waals surface area contributed by atoms with Crippen LogP contribution >= 0.6 is 7.82 Å². The van der Waals surface area contributed by atoms with E-state index in [9.17, 15) is 19.0 Å². The topological polar surface area (TPSA) is 108 Å². The number of rotatable bonds is 46. The molecule has 0 aromatic carbocycles. The van der Waals surface area contributed by atoms with Gasteiger partial charge in [0.1, 0.15) is 19.8 Å². The van der Waals surface area contributed by atoms with Crippen LogP contribution in [0.3, 0.4) is 0 Å². The number of carbonyl (C=O) groups excluding carboxylic acids is 2. The predicted molar refractivity (Wildman–Crippen MR) is 279 cm³/mol. The first kappa shape index (κ1) is 62.9. The number of carbonyl (C=O) groups is 2. The van der Waals surface area contributed by atoms with Crippen LogP contribution in [0.15, 0.2) is 97.2 Å². The number of hydrogen-bond donors (Lipinski definition) is 1. The first-order valence-electron chi connectivity index (χ1n) is 26.0. The molecule has 0 rings (SSSR count). The highest BCUT2D eigenvalue weighted by Gasteiger charge is 2.27. The van der Waals surface area contributed by atoms with Crippen LogP contribution in [-0.4, -0.2) is 74.9 Å². The number of phosphoric acid groups is 1. The summed E-state index contributed by atoms with van der Waals surface area (Å²) >= 11 is 0. The van der Waals surface area contributed by atoms with E-state index in [1.807, 2.05) is 21.1 Å². The van der Waals surface area contributed by atoms with Gasteiger partial charge in [0.2, 0.25) is 0 Å². The summed E-state index contributed by atoms with van der Waals surface area (Å²) in [7, 11) is 1.44. The highest BCUT2D eigenvalue weighted by Crippen LogP contribution is 2.43. The fraction of sp³-hybridized carbons (Fsp3) is 0.679. The monoisotopic (exact) mass is 943 g/mol. The van der Waals surface area contributed by atoms with Gasteiger partial charge in [0.25, 0.3) is 0 Å². The molecule has 2 unspecified atom stereocenters. The third-order valence-electron chi connectivity index (χ3n) is 10.6. The molecule has 0 aliphatic heterocycles. The van der Waals surface area contributed by atoms with Gasteiger partial charge in [-0.05, 0) is 89.9 Å². The maximum Gasteiger partial charge on any atom is 0.472 e. The third-order valence-corrected chi connectivity index (χ3v) is 11.6. The Morgan fingerprint density at radius 3 is 1.24 bits per heavy atom. The van der Waals surface area contributed by atoms with Crippen LogP contribution in [0.4, 0.5) is 0 Å². The second kappa shape index (κ2) is 47.0. The van der Waals surface area contributed by atoms with E-state index in [-0.39, 0.29) is 26.1 Å². The van der Waals surface area contributed by atoms with E-state index < -0.39 is 32.5 Å². The summed E-state index contributed by atoms with van der Waals surface area (Å²) in [6.07, 6.45) is 63.3. The Hall–Kier alpha value is -3.07. The van der Waals surface area contributed by atoms with Crippen LogP contribution in [0.5, 0.6) is 0 Å². The van der Waals surface area contributed by atoms with Crippen LogP contribution in [0.2, 0.25) is 0 Å². The lowest BCUT2D eigenvalue weighted by molar-refractivity contribution is -0.870. The number of nitrogens with zero attached hydrogens (tertiary/aromatic N) is 1. The average Bonchev–Trinajstić information content (AvgIpc) is 3.27. The lowest BCUT2D eigenvalue weighted by Crippen LogP contribution is -2.37. The molecule has 378 valence electrons. The molecule has 0 spiro atoms. The lowest BCUT2D eigenvalue weighted by atomic mass is 10.0. The number of unbranched alkanes of at least 4 members (excludes halogenated alkanes) is 16. The van der Waals surface area contributed by atoms with Crippen molar-refractivity contribution in [2.75, 3.05) is 47.5 Å². The summed E-state index contributed by atoms with van der Waals surface area (Å²) in [5.74, 6) is -0.852. The normalized spacial score (nSPS) is 14.2. The van der Waals surface area contributed by atoms with E-state index in [4.69, 9.17) is 18.5 Å². The maximum absolute atomic E-state index is 12.8. The van der Waals surface area contributed by atoms with Gasteiger partial charge in [0.15, 0.2) is 6.10 Å². The van der Waals surface area contributed by atoms with Gasteiger partial charge in [-0.2, -0.15) is 0 Å². The molecule has 2 atom stereocenters. The Bertz CT molecular complexity index is 1440. The van der Waals surface area contributed by atoms with Crippen molar-refractivity contribution in [3.8, 4) is 0 Å². The van der Waals surface area contributed by atoms with E-state index in [1.54, 1.807) is 0 Å². The predicted octanol–water partition coefficient (Wildman–Crippen LogP) is 15.7. The van der Waals surface area contributed by atoms with Gasteiger partial charge >= 0.3 is 19.8 Å². The molecule has 0 saturated heterocycles. The first-order valence-corrected chi connectivity index (χ1v) is 27.5. The van der Waals surface area contributed by atoms with Gasteiger partial charge in [0, 0.05) is 12.8 Å². The van der Waals surface area contributed by atoms with Gasteiger partial charge in [-0.25, -0.2) is 4.57 Å². The molecule has 1 N–H and O–H groups in total. The summed E-state index contributed by atoms with van der Waals surface area (Å²) in [6, 6.07) is 0. The highest BCUT2D eigenvalue weighted by atomic mass is 31.2. The largest absolute Gasteiger partial charge is 0.472 e. The van der Waals surface area contributed by atoms with E-state index in [2.05, 4.69) is 111 Å². The fourth-order valence-corrected chi connectivity index (χ4v) is 7.38. The molecule has 0 radical (unpaired) electrons. The van der Waals surface area contributed by atoms with Crippen molar-refractivity contribution in [3.63, 3.8) is 0 Å². The minimum Gasteiger partial charge on any atom is -0.462 e. The van der Waals surface area contributed by atoms with Crippen LogP contribution < -0.4 is 0 Å². The summed E-state index contributed by atoms with van der Waals surface area (Å²) < 4.78 is 34.4. The Morgan fingerprint density at radius 2 is 0.818 bits per heavy atom. The molecule has 0 saturated carbocycles. The minimum atomic E-state index is -4.40. The average molecular weight is 943 g/mol. The molecule has 0 heterocycles. The fourth-order valence-electron chi connectivity index (χ4n) is 6.64. The summed E-state index contributed by atoms with van der Waals surface area (Å²) in [6.45, 7) is 4.14. The van der Waals surface area contributed by atoms with Crippen molar-refractivity contribution in [3.05, 3.63) is 97.2 Å². The van der Waals surface area contributed by atoms with Crippen molar-refractivity contribution < 1.29 is 42.1 Å². The van der Waals surface area contributed by atoms with Crippen molar-refractivity contribution >= 4 is 19.8 Å². The number of hydrogen-bond acceptors (Lipinski definition) is 7. The zero-order chi connectivity index (χ0) is 48.5. The number of ether oxygens (including phenoxy) is 2. The zero-order valence-electron chi connectivity index (χ0n) is 42.6. The van der Waals surface area contributed by atoms with Gasteiger partial charge in [0.05, 0.1) is 27.7 Å². The molecule has 0 aromatic rings. The number of likely N-dealkylation sites (N-methyl/N-ethyl adjacent to an activating group) is 1. The molecule has 0 aliphatic carbocycles.